The van der Waals surface area contributed by atoms with Crippen LogP contribution in [0.5, 0.6) is 46.0 Å². The molecule has 2 N–H and O–H groups in total. The van der Waals surface area contributed by atoms with Gasteiger partial charge in [0.25, 0.3) is 0 Å². The maximum Gasteiger partial charge on any atom is 0.204 e. The molecule has 8 nitrogen and oxygen atoms in total. The molecule has 0 aromatic heterocycles. The van der Waals surface area contributed by atoms with Crippen molar-refractivity contribution in [3.05, 3.63) is 94.0 Å². The number of ether oxygens (including phenoxy) is 5. The Morgan fingerprint density at radius 1 is 0.795 bits per heavy atom. The zero-order valence-corrected chi connectivity index (χ0v) is 25.6. The smallest absolute Gasteiger partial charge is 0.204 e. The minimum absolute atomic E-state index is 0.0259. The molecule has 228 valence electrons. The number of benzene rings is 4. The molecular weight excluding hydrogens is 556 g/mol. The maximum atomic E-state index is 10.6. The fraction of sp³-hybridized carbons (Fsp3) is 0.333. The molecule has 2 atom stereocenters. The van der Waals surface area contributed by atoms with E-state index in [9.17, 15) is 5.11 Å². The lowest BCUT2D eigenvalue weighted by atomic mass is 9.87. The molecule has 0 saturated heterocycles. The number of rotatable bonds is 3. The van der Waals surface area contributed by atoms with E-state index in [1.165, 1.54) is 11.1 Å². The van der Waals surface area contributed by atoms with E-state index in [2.05, 4.69) is 47.6 Å². The Labute approximate surface area is 258 Å². The predicted octanol–water partition coefficient (Wildman–Crippen LogP) is 6.52. The molecule has 0 amide bonds. The van der Waals surface area contributed by atoms with Crippen LogP contribution in [0.1, 0.15) is 45.5 Å². The van der Waals surface area contributed by atoms with Crippen LogP contribution in [-0.4, -0.2) is 51.5 Å². The number of aromatic hydroxyl groups is 1. The summed E-state index contributed by atoms with van der Waals surface area (Å²) in [6.45, 7) is 1.75. The van der Waals surface area contributed by atoms with Crippen LogP contribution >= 0.6 is 0 Å². The third kappa shape index (κ3) is 5.08. The minimum atomic E-state index is 0.0259. The minimum Gasteiger partial charge on any atom is -0.504 e. The Morgan fingerprint density at radius 3 is 2.34 bits per heavy atom. The second-order valence-electron chi connectivity index (χ2n) is 11.8. The predicted molar refractivity (Wildman–Crippen MR) is 168 cm³/mol. The molecule has 4 aliphatic heterocycles. The van der Waals surface area contributed by atoms with Gasteiger partial charge in [-0.25, -0.2) is 0 Å². The number of likely N-dealkylation sites (N-methyl/N-ethyl adjacent to an activating group) is 1. The molecule has 0 fully saturated rings. The molecule has 44 heavy (non-hydrogen) atoms. The van der Waals surface area contributed by atoms with Crippen molar-refractivity contribution >= 4 is 0 Å². The molecule has 4 heterocycles. The van der Waals surface area contributed by atoms with Crippen LogP contribution in [0.3, 0.4) is 0 Å². The van der Waals surface area contributed by atoms with Gasteiger partial charge in [-0.3, -0.25) is 4.90 Å². The Balaban J connectivity index is 1.45. The topological polar surface area (TPSA) is 81.7 Å². The van der Waals surface area contributed by atoms with Crippen LogP contribution in [0.2, 0.25) is 0 Å². The molecule has 0 unspecified atom stereocenters. The van der Waals surface area contributed by atoms with E-state index < -0.39 is 0 Å². The average Bonchev–Trinajstić information content (AvgIpc) is 3.04. The Hall–Kier alpha value is -4.40. The van der Waals surface area contributed by atoms with Gasteiger partial charge in [0, 0.05) is 24.2 Å². The second kappa shape index (κ2) is 11.6. The van der Waals surface area contributed by atoms with Crippen molar-refractivity contribution in [1.29, 1.82) is 0 Å². The third-order valence-corrected chi connectivity index (χ3v) is 9.19. The van der Waals surface area contributed by atoms with Gasteiger partial charge in [-0.05, 0) is 110 Å². The molecule has 0 radical (unpaired) electrons. The summed E-state index contributed by atoms with van der Waals surface area (Å²) in [5.41, 5.74) is 6.85. The lowest BCUT2D eigenvalue weighted by molar-refractivity contribution is 0.221. The summed E-state index contributed by atoms with van der Waals surface area (Å²) in [7, 11) is 7.16. The summed E-state index contributed by atoms with van der Waals surface area (Å²) >= 11 is 0. The van der Waals surface area contributed by atoms with Gasteiger partial charge in [0.1, 0.15) is 5.75 Å². The number of nitrogens with one attached hydrogen (secondary N) is 1. The van der Waals surface area contributed by atoms with Gasteiger partial charge in [-0.2, -0.15) is 0 Å². The van der Waals surface area contributed by atoms with Crippen LogP contribution in [0.15, 0.2) is 60.7 Å². The number of phenolic OH excluding ortho intramolecular Hbond substituents is 1. The highest BCUT2D eigenvalue weighted by atomic mass is 16.5. The maximum absolute atomic E-state index is 10.6. The third-order valence-electron chi connectivity index (χ3n) is 9.19. The van der Waals surface area contributed by atoms with Crippen LogP contribution in [-0.2, 0) is 25.7 Å². The van der Waals surface area contributed by atoms with Crippen LogP contribution in [0.25, 0.3) is 0 Å². The summed E-state index contributed by atoms with van der Waals surface area (Å²) in [5.74, 6) is 4.40. The van der Waals surface area contributed by atoms with Crippen molar-refractivity contribution in [3.63, 3.8) is 0 Å². The number of nitrogens with zero attached hydrogens (tertiary/aromatic N) is 1. The second-order valence-corrected chi connectivity index (χ2v) is 11.8. The number of hydrogen-bond donors (Lipinski definition) is 2. The quantitative estimate of drug-likeness (QED) is 0.278. The Morgan fingerprint density at radius 2 is 1.57 bits per heavy atom. The average molecular weight is 595 g/mol. The number of fused-ring (bicyclic) bond motifs is 2. The SMILES string of the molecule is COc1cc2c3cc1Oc1c(OC)c(OC)cc4c1[C@H](Cc1ccc(cc1)Oc1cc(ccc1O)C[C@@H]3NCC2)N(C)CC4. The molecule has 4 aliphatic rings. The highest BCUT2D eigenvalue weighted by molar-refractivity contribution is 5.63. The highest BCUT2D eigenvalue weighted by Crippen LogP contribution is 2.51. The van der Waals surface area contributed by atoms with Crippen molar-refractivity contribution in [2.45, 2.75) is 37.8 Å². The number of methoxy groups -OCH3 is 3. The van der Waals surface area contributed by atoms with E-state index in [4.69, 9.17) is 23.7 Å². The summed E-state index contributed by atoms with van der Waals surface area (Å²) in [4.78, 5) is 2.37. The number of hydrogen-bond acceptors (Lipinski definition) is 8. The summed E-state index contributed by atoms with van der Waals surface area (Å²) in [6.07, 6.45) is 3.20. The molecule has 0 spiro atoms. The van der Waals surface area contributed by atoms with Gasteiger partial charge < -0.3 is 34.1 Å². The molecule has 4 aromatic carbocycles. The van der Waals surface area contributed by atoms with Gasteiger partial charge in [0.05, 0.1) is 21.3 Å². The summed E-state index contributed by atoms with van der Waals surface area (Å²) < 4.78 is 30.9. The monoisotopic (exact) mass is 594 g/mol. The molecule has 8 heteroatoms. The molecule has 4 aromatic rings. The zero-order chi connectivity index (χ0) is 30.4. The first-order valence-corrected chi connectivity index (χ1v) is 15.1. The summed E-state index contributed by atoms with van der Waals surface area (Å²) in [6, 6.07) is 20.0. The van der Waals surface area contributed by atoms with Crippen molar-refractivity contribution in [1.82, 2.24) is 10.2 Å². The van der Waals surface area contributed by atoms with Crippen LogP contribution in [0.4, 0.5) is 0 Å². The Bertz CT molecular complexity index is 1700. The lowest BCUT2D eigenvalue weighted by Crippen LogP contribution is -2.34. The van der Waals surface area contributed by atoms with Crippen LogP contribution in [0, 0.1) is 0 Å². The largest absolute Gasteiger partial charge is 0.504 e. The fourth-order valence-corrected chi connectivity index (χ4v) is 6.86. The fourth-order valence-electron chi connectivity index (χ4n) is 6.86. The first kappa shape index (κ1) is 28.4. The highest BCUT2D eigenvalue weighted by Gasteiger charge is 2.34. The van der Waals surface area contributed by atoms with E-state index in [1.54, 1.807) is 27.4 Å². The van der Waals surface area contributed by atoms with E-state index in [0.29, 0.717) is 46.7 Å². The normalized spacial score (nSPS) is 19.1. The first-order valence-electron chi connectivity index (χ1n) is 15.1. The van der Waals surface area contributed by atoms with Gasteiger partial charge in [0.2, 0.25) is 5.75 Å². The van der Waals surface area contributed by atoms with Crippen LogP contribution < -0.4 is 29.0 Å². The molecule has 6 bridgehead atoms. The molecule has 0 saturated carbocycles. The first-order chi connectivity index (χ1) is 21.4. The zero-order valence-electron chi connectivity index (χ0n) is 25.6. The lowest BCUT2D eigenvalue weighted by Gasteiger charge is -2.37. The number of phenols is 1. The van der Waals surface area contributed by atoms with Crippen molar-refractivity contribution in [3.8, 4) is 46.0 Å². The van der Waals surface area contributed by atoms with E-state index in [-0.39, 0.29) is 17.8 Å². The van der Waals surface area contributed by atoms with Gasteiger partial charge in [-0.1, -0.05) is 18.2 Å². The van der Waals surface area contributed by atoms with Gasteiger partial charge in [-0.15, -0.1) is 0 Å². The standard InChI is InChI=1S/C36H38N2O6/c1-38-14-12-24-19-33(41-3)35(42-4)36-34(24)28(38)16-21-5-8-25(9-6-21)43-30-17-22(7-10-29(30)39)15-27-26-20-32(44-36)31(40-2)18-23(26)11-13-37-27/h5-10,17-20,27-28,37,39H,11-16H2,1-4H3/t27-,28-/m0/s1. The molecular formula is C36H38N2O6. The Kier molecular flexibility index (Phi) is 7.48. The summed E-state index contributed by atoms with van der Waals surface area (Å²) in [5, 5.41) is 14.3. The van der Waals surface area contributed by atoms with Gasteiger partial charge in [0.15, 0.2) is 34.5 Å². The molecule has 8 rings (SSSR count). The van der Waals surface area contributed by atoms with E-state index in [0.717, 1.165) is 54.6 Å². The van der Waals surface area contributed by atoms with E-state index in [1.807, 2.05) is 24.3 Å². The van der Waals surface area contributed by atoms with E-state index >= 15 is 0 Å². The van der Waals surface area contributed by atoms with Gasteiger partial charge >= 0.3 is 0 Å². The van der Waals surface area contributed by atoms with Crippen molar-refractivity contribution in [2.75, 3.05) is 41.5 Å². The van der Waals surface area contributed by atoms with Crippen molar-refractivity contribution in [2.24, 2.45) is 0 Å². The molecule has 0 aliphatic carbocycles. The van der Waals surface area contributed by atoms with Crippen molar-refractivity contribution < 1.29 is 28.8 Å².